The van der Waals surface area contributed by atoms with Gasteiger partial charge in [-0.2, -0.15) is 0 Å². The van der Waals surface area contributed by atoms with Crippen LogP contribution in [0.15, 0.2) is 0 Å². The van der Waals surface area contributed by atoms with Gasteiger partial charge in [-0.05, 0) is 13.3 Å². The highest BCUT2D eigenvalue weighted by Gasteiger charge is 2.06. The van der Waals surface area contributed by atoms with Crippen molar-refractivity contribution in [2.24, 2.45) is 0 Å². The molecule has 0 aliphatic carbocycles. The predicted molar refractivity (Wildman–Crippen MR) is 51.9 cm³/mol. The largest absolute Gasteiger partial charge is 0.377 e. The molecule has 0 saturated carbocycles. The van der Waals surface area contributed by atoms with Gasteiger partial charge in [-0.25, -0.2) is 9.97 Å². The predicted octanol–water partition coefficient (Wildman–Crippen LogP) is 2.15. The van der Waals surface area contributed by atoms with Gasteiger partial charge in [0.2, 0.25) is 0 Å². The summed E-state index contributed by atoms with van der Waals surface area (Å²) in [6.45, 7) is 4.38. The molecule has 0 aliphatic heterocycles. The van der Waals surface area contributed by atoms with E-state index in [-0.39, 0.29) is 0 Å². The van der Waals surface area contributed by atoms with Crippen molar-refractivity contribution < 1.29 is 4.74 Å². The molecule has 0 bridgehead atoms. The van der Waals surface area contributed by atoms with Crippen molar-refractivity contribution in [3.63, 3.8) is 0 Å². The molecule has 0 aromatic carbocycles. The summed E-state index contributed by atoms with van der Waals surface area (Å²) in [6, 6.07) is 0. The van der Waals surface area contributed by atoms with Crippen LogP contribution in [0.25, 0.3) is 0 Å². The fraction of sp³-hybridized carbons (Fsp3) is 0.556. The molecule has 4 heteroatoms. The maximum atomic E-state index is 5.93. The van der Waals surface area contributed by atoms with Gasteiger partial charge in [0.15, 0.2) is 5.82 Å². The molecule has 0 saturated heterocycles. The average Bonchev–Trinajstić information content (AvgIpc) is 2.11. The van der Waals surface area contributed by atoms with E-state index in [0.29, 0.717) is 17.6 Å². The van der Waals surface area contributed by atoms with E-state index in [1.807, 2.05) is 13.8 Å². The normalized spacial score (nSPS) is 10.5. The molecule has 1 aromatic rings. The minimum Gasteiger partial charge on any atom is -0.377 e. The van der Waals surface area contributed by atoms with Crippen LogP contribution in [0, 0.1) is 6.92 Å². The molecule has 0 N–H and O–H groups in total. The topological polar surface area (TPSA) is 35.0 Å². The molecule has 0 spiro atoms. The lowest BCUT2D eigenvalue weighted by Gasteiger charge is -2.06. The SMILES string of the molecule is CCc1nc(COC)nc(Cl)c1C. The summed E-state index contributed by atoms with van der Waals surface area (Å²) < 4.78 is 4.94. The van der Waals surface area contributed by atoms with Crippen LogP contribution in [0.5, 0.6) is 0 Å². The van der Waals surface area contributed by atoms with E-state index in [0.717, 1.165) is 17.7 Å². The number of rotatable bonds is 3. The van der Waals surface area contributed by atoms with Crippen molar-refractivity contribution >= 4 is 11.6 Å². The van der Waals surface area contributed by atoms with E-state index >= 15 is 0 Å². The zero-order chi connectivity index (χ0) is 9.84. The zero-order valence-corrected chi connectivity index (χ0v) is 8.85. The van der Waals surface area contributed by atoms with Crippen LogP contribution in [-0.2, 0) is 17.8 Å². The maximum absolute atomic E-state index is 5.93. The van der Waals surface area contributed by atoms with Crippen LogP contribution in [0.1, 0.15) is 24.0 Å². The molecule has 3 nitrogen and oxygen atoms in total. The van der Waals surface area contributed by atoms with Gasteiger partial charge in [0.05, 0.1) is 0 Å². The first-order valence-electron chi connectivity index (χ1n) is 4.19. The van der Waals surface area contributed by atoms with Crippen molar-refractivity contribution in [1.29, 1.82) is 0 Å². The van der Waals surface area contributed by atoms with Gasteiger partial charge in [0.1, 0.15) is 11.8 Å². The number of methoxy groups -OCH3 is 1. The highest BCUT2D eigenvalue weighted by molar-refractivity contribution is 6.30. The van der Waals surface area contributed by atoms with Gasteiger partial charge in [-0.3, -0.25) is 0 Å². The van der Waals surface area contributed by atoms with Crippen LogP contribution in [0.3, 0.4) is 0 Å². The Bertz CT molecular complexity index is 302. The summed E-state index contributed by atoms with van der Waals surface area (Å²) in [5.74, 6) is 0.648. The molecule has 1 rings (SSSR count). The maximum Gasteiger partial charge on any atom is 0.155 e. The Morgan fingerprint density at radius 2 is 2.08 bits per heavy atom. The Hall–Kier alpha value is -0.670. The van der Waals surface area contributed by atoms with Crippen LogP contribution in [0.4, 0.5) is 0 Å². The van der Waals surface area contributed by atoms with Gasteiger partial charge in [0, 0.05) is 18.4 Å². The summed E-state index contributed by atoms with van der Waals surface area (Å²) >= 11 is 5.93. The number of nitrogens with zero attached hydrogens (tertiary/aromatic N) is 2. The molecule has 0 radical (unpaired) electrons. The highest BCUT2D eigenvalue weighted by Crippen LogP contribution is 2.16. The minimum atomic E-state index is 0.410. The molecule has 1 heterocycles. The van der Waals surface area contributed by atoms with Gasteiger partial charge in [-0.1, -0.05) is 18.5 Å². The third-order valence-electron chi connectivity index (χ3n) is 1.84. The van der Waals surface area contributed by atoms with Crippen molar-refractivity contribution in [2.75, 3.05) is 7.11 Å². The first-order chi connectivity index (χ1) is 6.19. The molecule has 0 fully saturated rings. The van der Waals surface area contributed by atoms with Gasteiger partial charge < -0.3 is 4.74 Å². The second kappa shape index (κ2) is 4.53. The van der Waals surface area contributed by atoms with Gasteiger partial charge in [0.25, 0.3) is 0 Å². The van der Waals surface area contributed by atoms with E-state index in [9.17, 15) is 0 Å². The second-order valence-electron chi connectivity index (χ2n) is 2.79. The third kappa shape index (κ3) is 2.39. The number of halogens is 1. The van der Waals surface area contributed by atoms with Crippen LogP contribution in [0.2, 0.25) is 5.15 Å². The fourth-order valence-corrected chi connectivity index (χ4v) is 1.33. The molecular weight excluding hydrogens is 188 g/mol. The lowest BCUT2D eigenvalue weighted by Crippen LogP contribution is -2.03. The van der Waals surface area contributed by atoms with Crippen LogP contribution < -0.4 is 0 Å². The molecule has 0 atom stereocenters. The number of hydrogen-bond acceptors (Lipinski definition) is 3. The smallest absolute Gasteiger partial charge is 0.155 e. The first-order valence-corrected chi connectivity index (χ1v) is 4.57. The Labute approximate surface area is 83.1 Å². The summed E-state index contributed by atoms with van der Waals surface area (Å²) in [5.41, 5.74) is 1.95. The number of aryl methyl sites for hydroxylation is 1. The Morgan fingerprint density at radius 3 is 2.62 bits per heavy atom. The molecule has 0 aliphatic rings. The quantitative estimate of drug-likeness (QED) is 0.702. The van der Waals surface area contributed by atoms with Gasteiger partial charge >= 0.3 is 0 Å². The Kier molecular flexibility index (Phi) is 3.63. The lowest BCUT2D eigenvalue weighted by molar-refractivity contribution is 0.177. The molecule has 0 amide bonds. The van der Waals surface area contributed by atoms with Crippen LogP contribution in [-0.4, -0.2) is 17.1 Å². The van der Waals surface area contributed by atoms with Crippen molar-refractivity contribution in [3.05, 3.63) is 22.2 Å². The second-order valence-corrected chi connectivity index (χ2v) is 3.15. The van der Waals surface area contributed by atoms with E-state index in [2.05, 4.69) is 9.97 Å². The first kappa shape index (κ1) is 10.4. The van der Waals surface area contributed by atoms with Gasteiger partial charge in [-0.15, -0.1) is 0 Å². The summed E-state index contributed by atoms with van der Waals surface area (Å²) in [4.78, 5) is 8.42. The Balaban J connectivity index is 3.06. The minimum absolute atomic E-state index is 0.410. The van der Waals surface area contributed by atoms with E-state index in [4.69, 9.17) is 16.3 Å². The Morgan fingerprint density at radius 1 is 1.38 bits per heavy atom. The van der Waals surface area contributed by atoms with Crippen molar-refractivity contribution in [3.8, 4) is 0 Å². The lowest BCUT2D eigenvalue weighted by atomic mass is 10.2. The fourth-order valence-electron chi connectivity index (χ4n) is 1.12. The standard InChI is InChI=1S/C9H13ClN2O/c1-4-7-6(2)9(10)12-8(11-7)5-13-3/h4-5H2,1-3H3. The number of ether oxygens (including phenoxy) is 1. The molecule has 72 valence electrons. The van der Waals surface area contributed by atoms with E-state index in [1.165, 1.54) is 0 Å². The van der Waals surface area contributed by atoms with Crippen molar-refractivity contribution in [2.45, 2.75) is 26.9 Å². The van der Waals surface area contributed by atoms with E-state index < -0.39 is 0 Å². The average molecular weight is 201 g/mol. The molecule has 1 aromatic heterocycles. The number of aromatic nitrogens is 2. The van der Waals surface area contributed by atoms with Crippen LogP contribution >= 0.6 is 11.6 Å². The monoisotopic (exact) mass is 200 g/mol. The third-order valence-corrected chi connectivity index (χ3v) is 2.21. The highest BCUT2D eigenvalue weighted by atomic mass is 35.5. The molecular formula is C9H13ClN2O. The van der Waals surface area contributed by atoms with E-state index in [1.54, 1.807) is 7.11 Å². The molecule has 0 unspecified atom stereocenters. The summed E-state index contributed by atoms with van der Waals surface area (Å²) in [7, 11) is 1.61. The molecule has 13 heavy (non-hydrogen) atoms. The summed E-state index contributed by atoms with van der Waals surface area (Å²) in [6.07, 6.45) is 0.866. The summed E-state index contributed by atoms with van der Waals surface area (Å²) in [5, 5.41) is 0.527. The number of hydrogen-bond donors (Lipinski definition) is 0. The zero-order valence-electron chi connectivity index (χ0n) is 8.09. The van der Waals surface area contributed by atoms with Crippen molar-refractivity contribution in [1.82, 2.24) is 9.97 Å².